The first-order chi connectivity index (χ1) is 8.56. The molecule has 1 atom stereocenters. The van der Waals surface area contributed by atoms with Crippen LogP contribution in [-0.4, -0.2) is 9.97 Å². The van der Waals surface area contributed by atoms with E-state index >= 15 is 0 Å². The lowest BCUT2D eigenvalue weighted by molar-refractivity contribution is 0.622. The van der Waals surface area contributed by atoms with Gasteiger partial charge in [-0.2, -0.15) is 0 Å². The quantitative estimate of drug-likeness (QED) is 0.948. The zero-order chi connectivity index (χ0) is 13.1. The molecule has 0 aliphatic heterocycles. The van der Waals surface area contributed by atoms with Crippen molar-refractivity contribution in [3.8, 4) is 0 Å². The molecule has 1 heterocycles. The molecule has 0 aliphatic rings. The Kier molecular flexibility index (Phi) is 4.04. The van der Waals surface area contributed by atoms with Gasteiger partial charge in [0.25, 0.3) is 0 Å². The SMILES string of the molecule is Cc1cnc(C(N)Cc2ccc(F)cc2Br)nc1. The zero-order valence-corrected chi connectivity index (χ0v) is 11.5. The summed E-state index contributed by atoms with van der Waals surface area (Å²) in [5.41, 5.74) is 7.98. The molecule has 1 aromatic carbocycles. The van der Waals surface area contributed by atoms with E-state index in [0.717, 1.165) is 11.1 Å². The van der Waals surface area contributed by atoms with Gasteiger partial charge in [0.2, 0.25) is 0 Å². The highest BCUT2D eigenvalue weighted by Crippen LogP contribution is 2.22. The minimum atomic E-state index is -0.299. The summed E-state index contributed by atoms with van der Waals surface area (Å²) < 4.78 is 13.7. The van der Waals surface area contributed by atoms with Crippen LogP contribution in [0, 0.1) is 12.7 Å². The second-order valence-corrected chi connectivity index (χ2v) is 5.02. The molecule has 0 fully saturated rings. The average molecular weight is 310 g/mol. The Morgan fingerprint density at radius 3 is 2.61 bits per heavy atom. The predicted octanol–water partition coefficient (Wildman–Crippen LogP) is 2.93. The van der Waals surface area contributed by atoms with E-state index < -0.39 is 0 Å². The van der Waals surface area contributed by atoms with Crippen molar-refractivity contribution < 1.29 is 4.39 Å². The minimum absolute atomic E-state index is 0.272. The van der Waals surface area contributed by atoms with E-state index in [0.29, 0.717) is 16.7 Å². The summed E-state index contributed by atoms with van der Waals surface area (Å²) in [6.07, 6.45) is 4.04. The molecule has 94 valence electrons. The monoisotopic (exact) mass is 309 g/mol. The lowest BCUT2D eigenvalue weighted by Gasteiger charge is -2.11. The number of rotatable bonds is 3. The summed E-state index contributed by atoms with van der Waals surface area (Å²) in [6, 6.07) is 4.27. The fraction of sp³-hybridized carbons (Fsp3) is 0.231. The van der Waals surface area contributed by atoms with E-state index in [1.807, 2.05) is 6.92 Å². The van der Waals surface area contributed by atoms with Crippen LogP contribution in [0.4, 0.5) is 4.39 Å². The molecule has 0 saturated heterocycles. The number of hydrogen-bond acceptors (Lipinski definition) is 3. The summed E-state index contributed by atoms with van der Waals surface area (Å²) >= 11 is 3.32. The molecule has 1 unspecified atom stereocenters. The molecule has 0 aliphatic carbocycles. The number of aryl methyl sites for hydroxylation is 1. The van der Waals surface area contributed by atoms with Crippen LogP contribution in [0.25, 0.3) is 0 Å². The van der Waals surface area contributed by atoms with Crippen molar-refractivity contribution in [2.24, 2.45) is 5.73 Å². The smallest absolute Gasteiger partial charge is 0.145 e. The van der Waals surface area contributed by atoms with Gasteiger partial charge in [0.1, 0.15) is 11.6 Å². The van der Waals surface area contributed by atoms with Gasteiger partial charge in [0, 0.05) is 16.9 Å². The van der Waals surface area contributed by atoms with Crippen LogP contribution in [0.15, 0.2) is 35.1 Å². The standard InChI is InChI=1S/C13H13BrFN3/c1-8-6-17-13(18-7-8)12(16)4-9-2-3-10(15)5-11(9)14/h2-3,5-7,12H,4,16H2,1H3. The Bertz CT molecular complexity index is 542. The maximum absolute atomic E-state index is 13.0. The van der Waals surface area contributed by atoms with Crippen molar-refractivity contribution >= 4 is 15.9 Å². The number of nitrogens with two attached hydrogens (primary N) is 1. The van der Waals surface area contributed by atoms with Gasteiger partial charge in [-0.05, 0) is 36.6 Å². The number of halogens is 2. The molecule has 0 radical (unpaired) electrons. The van der Waals surface area contributed by atoms with Crippen LogP contribution in [-0.2, 0) is 6.42 Å². The summed E-state index contributed by atoms with van der Waals surface area (Å²) in [6.45, 7) is 1.92. The third kappa shape index (κ3) is 3.11. The second kappa shape index (κ2) is 5.54. The molecule has 0 amide bonds. The number of hydrogen-bond donors (Lipinski definition) is 1. The topological polar surface area (TPSA) is 51.8 Å². The largest absolute Gasteiger partial charge is 0.321 e. The number of benzene rings is 1. The Balaban J connectivity index is 2.15. The Labute approximate surface area is 113 Å². The van der Waals surface area contributed by atoms with Crippen molar-refractivity contribution in [2.75, 3.05) is 0 Å². The highest BCUT2D eigenvalue weighted by atomic mass is 79.9. The maximum atomic E-state index is 13.0. The first kappa shape index (κ1) is 13.1. The molecule has 18 heavy (non-hydrogen) atoms. The molecule has 2 aromatic rings. The molecule has 0 bridgehead atoms. The van der Waals surface area contributed by atoms with E-state index in [-0.39, 0.29) is 11.9 Å². The molecule has 2 rings (SSSR count). The zero-order valence-electron chi connectivity index (χ0n) is 9.90. The molecule has 3 nitrogen and oxygen atoms in total. The van der Waals surface area contributed by atoms with Gasteiger partial charge in [-0.15, -0.1) is 0 Å². The van der Waals surface area contributed by atoms with Crippen molar-refractivity contribution in [1.29, 1.82) is 0 Å². The normalized spacial score (nSPS) is 12.4. The summed E-state index contributed by atoms with van der Waals surface area (Å²) in [5, 5.41) is 0. The van der Waals surface area contributed by atoms with Crippen molar-refractivity contribution in [2.45, 2.75) is 19.4 Å². The van der Waals surface area contributed by atoms with Crippen LogP contribution in [0.2, 0.25) is 0 Å². The van der Waals surface area contributed by atoms with Crippen LogP contribution in [0.3, 0.4) is 0 Å². The fourth-order valence-electron chi connectivity index (χ4n) is 1.61. The predicted molar refractivity (Wildman–Crippen MR) is 71.5 cm³/mol. The lowest BCUT2D eigenvalue weighted by Crippen LogP contribution is -2.17. The molecule has 5 heteroatoms. The first-order valence-corrected chi connectivity index (χ1v) is 6.33. The molecule has 0 saturated carbocycles. The Morgan fingerprint density at radius 1 is 1.33 bits per heavy atom. The van der Waals surface area contributed by atoms with E-state index in [2.05, 4.69) is 25.9 Å². The molecular weight excluding hydrogens is 297 g/mol. The highest BCUT2D eigenvalue weighted by molar-refractivity contribution is 9.10. The van der Waals surface area contributed by atoms with E-state index in [1.165, 1.54) is 12.1 Å². The van der Waals surface area contributed by atoms with Crippen LogP contribution < -0.4 is 5.73 Å². The van der Waals surface area contributed by atoms with Gasteiger partial charge in [0.05, 0.1) is 6.04 Å². The summed E-state index contributed by atoms with van der Waals surface area (Å²) in [4.78, 5) is 8.39. The molecule has 1 aromatic heterocycles. The van der Waals surface area contributed by atoms with Gasteiger partial charge >= 0.3 is 0 Å². The van der Waals surface area contributed by atoms with E-state index in [4.69, 9.17) is 5.73 Å². The van der Waals surface area contributed by atoms with Gasteiger partial charge in [-0.25, -0.2) is 14.4 Å². The van der Waals surface area contributed by atoms with Crippen molar-refractivity contribution in [3.05, 3.63) is 57.8 Å². The minimum Gasteiger partial charge on any atom is -0.321 e. The fourth-order valence-corrected chi connectivity index (χ4v) is 2.12. The maximum Gasteiger partial charge on any atom is 0.145 e. The molecule has 2 N–H and O–H groups in total. The van der Waals surface area contributed by atoms with E-state index in [1.54, 1.807) is 18.5 Å². The van der Waals surface area contributed by atoms with Crippen molar-refractivity contribution in [1.82, 2.24) is 9.97 Å². The van der Waals surface area contributed by atoms with Crippen molar-refractivity contribution in [3.63, 3.8) is 0 Å². The number of nitrogens with zero attached hydrogens (tertiary/aromatic N) is 2. The van der Waals surface area contributed by atoms with Crippen LogP contribution in [0.5, 0.6) is 0 Å². The number of aromatic nitrogens is 2. The average Bonchev–Trinajstić information content (AvgIpc) is 2.33. The Morgan fingerprint density at radius 2 is 2.00 bits per heavy atom. The van der Waals surface area contributed by atoms with Crippen LogP contribution >= 0.6 is 15.9 Å². The third-order valence-corrected chi connectivity index (χ3v) is 3.33. The third-order valence-electron chi connectivity index (χ3n) is 2.59. The molecular formula is C13H13BrFN3. The summed E-state index contributed by atoms with van der Waals surface area (Å²) in [5.74, 6) is 0.322. The van der Waals surface area contributed by atoms with Gasteiger partial charge in [0.15, 0.2) is 0 Å². The second-order valence-electron chi connectivity index (χ2n) is 4.16. The van der Waals surface area contributed by atoms with Gasteiger partial charge in [-0.1, -0.05) is 22.0 Å². The lowest BCUT2D eigenvalue weighted by atomic mass is 10.1. The Hall–Kier alpha value is -1.33. The van der Waals surface area contributed by atoms with Crippen LogP contribution in [0.1, 0.15) is 23.0 Å². The first-order valence-electron chi connectivity index (χ1n) is 5.54. The highest BCUT2D eigenvalue weighted by Gasteiger charge is 2.12. The van der Waals surface area contributed by atoms with Gasteiger partial charge in [-0.3, -0.25) is 0 Å². The van der Waals surface area contributed by atoms with Gasteiger partial charge < -0.3 is 5.73 Å². The van der Waals surface area contributed by atoms with E-state index in [9.17, 15) is 4.39 Å². The summed E-state index contributed by atoms with van der Waals surface area (Å²) in [7, 11) is 0. The molecule has 0 spiro atoms.